The van der Waals surface area contributed by atoms with Crippen molar-refractivity contribution in [2.45, 2.75) is 59.0 Å². The van der Waals surface area contributed by atoms with E-state index in [9.17, 15) is 0 Å². The van der Waals surface area contributed by atoms with Gasteiger partial charge in [-0.3, -0.25) is 0 Å². The second-order valence-electron chi connectivity index (χ2n) is 8.69. The van der Waals surface area contributed by atoms with Crippen molar-refractivity contribution in [3.05, 3.63) is 59.7 Å². The summed E-state index contributed by atoms with van der Waals surface area (Å²) in [4.78, 5) is 0.946. The highest BCUT2D eigenvalue weighted by atomic mass is 32.1. The van der Waals surface area contributed by atoms with Gasteiger partial charge in [0.15, 0.2) is 0 Å². The van der Waals surface area contributed by atoms with Crippen LogP contribution < -0.4 is 4.74 Å². The maximum absolute atomic E-state index is 5.85. The van der Waals surface area contributed by atoms with Crippen LogP contribution in [0.2, 0.25) is 0 Å². The molecule has 2 heteroatoms. The Morgan fingerprint density at radius 1 is 0.792 bits per heavy atom. The van der Waals surface area contributed by atoms with Crippen LogP contribution in [0.5, 0.6) is 5.75 Å². The monoisotopic (exact) mass is 342 g/mol. The van der Waals surface area contributed by atoms with Gasteiger partial charge >= 0.3 is 0 Å². The van der Waals surface area contributed by atoms with Crippen LogP contribution in [0.25, 0.3) is 0 Å². The first kappa shape index (κ1) is 18.9. The lowest BCUT2D eigenvalue weighted by atomic mass is 9.63. The van der Waals surface area contributed by atoms with Gasteiger partial charge in [-0.05, 0) is 52.1 Å². The average molecular weight is 343 g/mol. The van der Waals surface area contributed by atoms with E-state index in [1.165, 1.54) is 11.1 Å². The molecule has 24 heavy (non-hydrogen) atoms. The molecule has 0 fully saturated rings. The maximum Gasteiger partial charge on any atom is 0.119 e. The zero-order valence-corrected chi connectivity index (χ0v) is 16.7. The predicted octanol–water partition coefficient (Wildman–Crippen LogP) is 6.73. The highest BCUT2D eigenvalue weighted by Gasteiger charge is 2.35. The van der Waals surface area contributed by atoms with E-state index in [-0.39, 0.29) is 10.8 Å². The molecule has 0 unspecified atom stereocenters. The normalized spacial score (nSPS) is 12.5. The van der Waals surface area contributed by atoms with Crippen molar-refractivity contribution >= 4 is 12.6 Å². The first-order valence-electron chi connectivity index (χ1n) is 8.58. The third kappa shape index (κ3) is 5.04. The molecule has 0 aliphatic heterocycles. The predicted molar refractivity (Wildman–Crippen MR) is 106 cm³/mol. The van der Waals surface area contributed by atoms with Crippen LogP contribution in [0.3, 0.4) is 0 Å². The Hall–Kier alpha value is -1.41. The smallest absolute Gasteiger partial charge is 0.119 e. The molecule has 0 bridgehead atoms. The van der Waals surface area contributed by atoms with E-state index < -0.39 is 0 Å². The van der Waals surface area contributed by atoms with Gasteiger partial charge in [0.1, 0.15) is 12.4 Å². The third-order valence-electron chi connectivity index (χ3n) is 4.29. The number of rotatable bonds is 4. The zero-order valence-electron chi connectivity index (χ0n) is 15.8. The summed E-state index contributed by atoms with van der Waals surface area (Å²) in [6, 6.07) is 16.7. The minimum atomic E-state index is 0.227. The lowest BCUT2D eigenvalue weighted by Gasteiger charge is -2.41. The summed E-state index contributed by atoms with van der Waals surface area (Å²) in [5.41, 5.74) is 3.05. The molecule has 0 aliphatic rings. The Morgan fingerprint density at radius 2 is 1.29 bits per heavy atom. The molecule has 130 valence electrons. The lowest BCUT2D eigenvalue weighted by Crippen LogP contribution is -2.30. The summed E-state index contributed by atoms with van der Waals surface area (Å²) in [6.07, 6.45) is 0. The van der Waals surface area contributed by atoms with E-state index >= 15 is 0 Å². The number of hydrogen-bond acceptors (Lipinski definition) is 2. The van der Waals surface area contributed by atoms with Gasteiger partial charge in [0.25, 0.3) is 0 Å². The number of benzene rings is 2. The molecule has 0 heterocycles. The van der Waals surface area contributed by atoms with Crippen LogP contribution in [0.4, 0.5) is 0 Å². The van der Waals surface area contributed by atoms with Crippen molar-refractivity contribution < 1.29 is 4.74 Å². The second-order valence-corrected chi connectivity index (χ2v) is 9.21. The average Bonchev–Trinajstić information content (AvgIpc) is 2.45. The Kier molecular flexibility index (Phi) is 5.70. The maximum atomic E-state index is 5.85. The molecular formula is C22H30OS. The summed E-state index contributed by atoms with van der Waals surface area (Å²) in [6.45, 7) is 14.5. The molecule has 2 aromatic carbocycles. The Labute approximate surface area is 152 Å². The van der Waals surface area contributed by atoms with E-state index in [1.54, 1.807) is 0 Å². The molecule has 2 rings (SSSR count). The van der Waals surface area contributed by atoms with Crippen LogP contribution in [-0.2, 0) is 6.61 Å². The molecule has 1 nitrogen and oxygen atoms in total. The lowest BCUT2D eigenvalue weighted by molar-refractivity contribution is 0.176. The largest absolute Gasteiger partial charge is 0.489 e. The SMILES string of the molecule is CC(C)(C)C(c1ccc(COc2ccc(S)cc2)cc1)C(C)(C)C. The van der Waals surface area contributed by atoms with Crippen LogP contribution in [0, 0.1) is 10.8 Å². The second kappa shape index (κ2) is 7.23. The molecule has 0 radical (unpaired) electrons. The van der Waals surface area contributed by atoms with Crippen molar-refractivity contribution in [3.8, 4) is 5.75 Å². The van der Waals surface area contributed by atoms with Crippen LogP contribution in [-0.4, -0.2) is 0 Å². The van der Waals surface area contributed by atoms with Gasteiger partial charge in [0.05, 0.1) is 0 Å². The van der Waals surface area contributed by atoms with Crippen molar-refractivity contribution in [2.24, 2.45) is 10.8 Å². The summed E-state index contributed by atoms with van der Waals surface area (Å²) in [7, 11) is 0. The van der Waals surface area contributed by atoms with Gasteiger partial charge in [-0.15, -0.1) is 12.6 Å². The van der Waals surface area contributed by atoms with E-state index in [1.807, 2.05) is 24.3 Å². The molecule has 0 saturated heterocycles. The highest BCUT2D eigenvalue weighted by molar-refractivity contribution is 7.80. The van der Waals surface area contributed by atoms with Crippen molar-refractivity contribution in [2.75, 3.05) is 0 Å². The number of hydrogen-bond donors (Lipinski definition) is 1. The number of thiol groups is 1. The van der Waals surface area contributed by atoms with Crippen LogP contribution in [0.15, 0.2) is 53.4 Å². The summed E-state index contributed by atoms with van der Waals surface area (Å²) in [5.74, 6) is 1.38. The van der Waals surface area contributed by atoms with E-state index in [0.717, 1.165) is 10.6 Å². The standard InChI is InChI=1S/C22H30OS/c1-21(2,3)20(22(4,5)6)17-9-7-16(8-10-17)15-23-18-11-13-19(24)14-12-18/h7-14,20,24H,15H2,1-6H3. The van der Waals surface area contributed by atoms with Gasteiger partial charge < -0.3 is 4.74 Å². The molecule has 0 aliphatic carbocycles. The quantitative estimate of drug-likeness (QED) is 0.606. The van der Waals surface area contributed by atoms with Crippen molar-refractivity contribution in [1.82, 2.24) is 0 Å². The Balaban J connectivity index is 2.10. The summed E-state index contributed by atoms with van der Waals surface area (Å²) >= 11 is 4.29. The van der Waals surface area contributed by atoms with Gasteiger partial charge in [-0.25, -0.2) is 0 Å². The Bertz CT molecular complexity index is 628. The first-order valence-corrected chi connectivity index (χ1v) is 9.03. The molecular weight excluding hydrogens is 312 g/mol. The number of ether oxygens (including phenoxy) is 1. The molecule has 0 atom stereocenters. The highest BCUT2D eigenvalue weighted by Crippen LogP contribution is 2.47. The van der Waals surface area contributed by atoms with E-state index in [4.69, 9.17) is 4.74 Å². The molecule has 0 N–H and O–H groups in total. The molecule has 0 saturated carbocycles. The molecule has 0 aromatic heterocycles. The molecule has 2 aromatic rings. The van der Waals surface area contributed by atoms with Gasteiger partial charge in [-0.1, -0.05) is 65.8 Å². The Morgan fingerprint density at radius 3 is 1.75 bits per heavy atom. The fraction of sp³-hybridized carbons (Fsp3) is 0.455. The van der Waals surface area contributed by atoms with Gasteiger partial charge in [0, 0.05) is 4.90 Å². The van der Waals surface area contributed by atoms with Crippen LogP contribution >= 0.6 is 12.6 Å². The summed E-state index contributed by atoms with van der Waals surface area (Å²) in [5, 5.41) is 0. The first-order chi connectivity index (χ1) is 11.1. The van der Waals surface area contributed by atoms with Gasteiger partial charge in [-0.2, -0.15) is 0 Å². The summed E-state index contributed by atoms with van der Waals surface area (Å²) < 4.78 is 5.85. The third-order valence-corrected chi connectivity index (χ3v) is 4.59. The minimum absolute atomic E-state index is 0.227. The van der Waals surface area contributed by atoms with E-state index in [2.05, 4.69) is 78.4 Å². The van der Waals surface area contributed by atoms with Crippen molar-refractivity contribution in [3.63, 3.8) is 0 Å². The zero-order chi connectivity index (χ0) is 18.0. The molecule has 0 amide bonds. The molecule has 0 spiro atoms. The fourth-order valence-electron chi connectivity index (χ4n) is 3.81. The van der Waals surface area contributed by atoms with Crippen molar-refractivity contribution in [1.29, 1.82) is 0 Å². The van der Waals surface area contributed by atoms with Gasteiger partial charge in [0.2, 0.25) is 0 Å². The minimum Gasteiger partial charge on any atom is -0.489 e. The fourth-order valence-corrected chi connectivity index (χ4v) is 3.96. The van der Waals surface area contributed by atoms with Crippen LogP contribution in [0.1, 0.15) is 58.6 Å². The topological polar surface area (TPSA) is 9.23 Å². The van der Waals surface area contributed by atoms with E-state index in [0.29, 0.717) is 12.5 Å².